The van der Waals surface area contributed by atoms with E-state index in [1.54, 1.807) is 0 Å². The van der Waals surface area contributed by atoms with Crippen LogP contribution in [0.4, 0.5) is 0 Å². The average Bonchev–Trinajstić information content (AvgIpc) is 2.70. The zero-order valence-electron chi connectivity index (χ0n) is 7.23. The van der Waals surface area contributed by atoms with Crippen LogP contribution in [0.3, 0.4) is 0 Å². The van der Waals surface area contributed by atoms with E-state index in [1.165, 1.54) is 12.0 Å². The van der Waals surface area contributed by atoms with Crippen LogP contribution in [0.5, 0.6) is 0 Å². The van der Waals surface area contributed by atoms with E-state index in [0.29, 0.717) is 6.10 Å². The van der Waals surface area contributed by atoms with Gasteiger partial charge in [-0.3, -0.25) is 0 Å². The third-order valence-corrected chi connectivity index (χ3v) is 2.39. The van der Waals surface area contributed by atoms with Crippen molar-refractivity contribution in [3.05, 3.63) is 30.2 Å². The molecule has 2 atom stereocenters. The van der Waals surface area contributed by atoms with E-state index in [2.05, 4.69) is 11.9 Å². The maximum absolute atomic E-state index is 5.37. The lowest BCUT2D eigenvalue weighted by Gasteiger charge is -1.93. The lowest BCUT2D eigenvalue weighted by atomic mass is 10.1. The van der Waals surface area contributed by atoms with E-state index in [0.717, 1.165) is 11.1 Å². The van der Waals surface area contributed by atoms with Crippen molar-refractivity contribution in [2.75, 3.05) is 0 Å². The molecule has 3 rings (SSSR count). The Morgan fingerprint density at radius 3 is 3.00 bits per heavy atom. The number of rotatable bonds is 1. The Kier molecular flexibility index (Phi) is 1.27. The fraction of sp³-hybridized carbons (Fsp3) is 0.300. The molecule has 1 fully saturated rings. The molecule has 0 amide bonds. The van der Waals surface area contributed by atoms with E-state index < -0.39 is 0 Å². The molecule has 0 saturated carbocycles. The molecule has 66 valence electrons. The van der Waals surface area contributed by atoms with Gasteiger partial charge in [0.2, 0.25) is 0 Å². The molecule has 3 nitrogen and oxygen atoms in total. The van der Waals surface area contributed by atoms with Gasteiger partial charge in [-0.1, -0.05) is 6.07 Å². The van der Waals surface area contributed by atoms with E-state index in [-0.39, 0.29) is 6.10 Å². The van der Waals surface area contributed by atoms with E-state index >= 15 is 0 Å². The molecule has 0 radical (unpaired) electrons. The molecule has 2 unspecified atom stereocenters. The lowest BCUT2D eigenvalue weighted by molar-refractivity contribution is 0.383. The highest BCUT2D eigenvalue weighted by atomic mass is 16.6. The topological polar surface area (TPSA) is 38.6 Å². The summed E-state index contributed by atoms with van der Waals surface area (Å²) in [6.07, 6.45) is 2.07. The van der Waals surface area contributed by atoms with Crippen LogP contribution in [0.2, 0.25) is 0 Å². The molecule has 0 aliphatic carbocycles. The van der Waals surface area contributed by atoms with E-state index in [1.807, 2.05) is 18.2 Å². The summed E-state index contributed by atoms with van der Waals surface area (Å²) >= 11 is 0. The number of epoxide rings is 1. The van der Waals surface area contributed by atoms with Gasteiger partial charge in [-0.15, -0.1) is 0 Å². The van der Waals surface area contributed by atoms with Crippen molar-refractivity contribution < 1.29 is 9.15 Å². The Balaban J connectivity index is 2.10. The molecule has 0 N–H and O–H groups in total. The Hall–Kier alpha value is -1.35. The van der Waals surface area contributed by atoms with Crippen molar-refractivity contribution in [1.29, 1.82) is 0 Å². The van der Waals surface area contributed by atoms with Crippen LogP contribution in [0, 0.1) is 0 Å². The largest absolute Gasteiger partial charge is 0.443 e. The van der Waals surface area contributed by atoms with Crippen LogP contribution in [0.25, 0.3) is 11.1 Å². The molecule has 1 aromatic carbocycles. The second-order valence-corrected chi connectivity index (χ2v) is 3.34. The summed E-state index contributed by atoms with van der Waals surface area (Å²) in [5.74, 6) is 0. The normalized spacial score (nSPS) is 26.5. The average molecular weight is 175 g/mol. The van der Waals surface area contributed by atoms with Crippen LogP contribution >= 0.6 is 0 Å². The standard InChI is InChI=1S/C10H9NO2/c1-6-10(13-6)7-2-3-8-9(4-7)12-5-11-8/h2-6,10H,1H3. The Morgan fingerprint density at radius 2 is 2.23 bits per heavy atom. The van der Waals surface area contributed by atoms with Crippen LogP contribution in [-0.2, 0) is 4.74 Å². The summed E-state index contributed by atoms with van der Waals surface area (Å²) in [7, 11) is 0. The number of ether oxygens (including phenoxy) is 1. The first-order valence-electron chi connectivity index (χ1n) is 4.33. The highest BCUT2D eigenvalue weighted by molar-refractivity contribution is 5.73. The summed E-state index contributed by atoms with van der Waals surface area (Å²) in [4.78, 5) is 4.05. The van der Waals surface area contributed by atoms with Gasteiger partial charge >= 0.3 is 0 Å². The minimum Gasteiger partial charge on any atom is -0.443 e. The highest BCUT2D eigenvalue weighted by Crippen LogP contribution is 2.38. The zero-order chi connectivity index (χ0) is 8.84. The number of fused-ring (bicyclic) bond motifs is 1. The minimum atomic E-state index is 0.259. The van der Waals surface area contributed by atoms with E-state index in [9.17, 15) is 0 Å². The molecular formula is C10H9NO2. The first kappa shape index (κ1) is 7.09. The van der Waals surface area contributed by atoms with Crippen molar-refractivity contribution >= 4 is 11.1 Å². The van der Waals surface area contributed by atoms with Gasteiger partial charge in [0.05, 0.1) is 6.10 Å². The zero-order valence-corrected chi connectivity index (χ0v) is 7.23. The van der Waals surface area contributed by atoms with Crippen LogP contribution in [0.15, 0.2) is 29.0 Å². The van der Waals surface area contributed by atoms with Gasteiger partial charge in [-0.2, -0.15) is 0 Å². The highest BCUT2D eigenvalue weighted by Gasteiger charge is 2.35. The monoisotopic (exact) mass is 175 g/mol. The van der Waals surface area contributed by atoms with E-state index in [4.69, 9.17) is 9.15 Å². The molecule has 0 spiro atoms. The van der Waals surface area contributed by atoms with Crippen LogP contribution in [-0.4, -0.2) is 11.1 Å². The summed E-state index contributed by atoms with van der Waals surface area (Å²) < 4.78 is 10.6. The molecule has 2 aromatic rings. The Labute approximate surface area is 75.3 Å². The maximum Gasteiger partial charge on any atom is 0.181 e. The van der Waals surface area contributed by atoms with Gasteiger partial charge in [0.25, 0.3) is 0 Å². The molecule has 1 aliphatic heterocycles. The predicted octanol–water partition coefficient (Wildman–Crippen LogP) is 2.29. The van der Waals surface area contributed by atoms with Gasteiger partial charge < -0.3 is 9.15 Å². The summed E-state index contributed by atoms with van der Waals surface area (Å²) in [6, 6.07) is 6.00. The number of aromatic nitrogens is 1. The second kappa shape index (κ2) is 2.33. The molecule has 1 aliphatic rings. The summed E-state index contributed by atoms with van der Waals surface area (Å²) in [5, 5.41) is 0. The second-order valence-electron chi connectivity index (χ2n) is 3.34. The first-order chi connectivity index (χ1) is 6.34. The molecule has 2 heterocycles. The first-order valence-corrected chi connectivity index (χ1v) is 4.33. The molecule has 1 saturated heterocycles. The van der Waals surface area contributed by atoms with Gasteiger partial charge in [0.1, 0.15) is 11.6 Å². The number of hydrogen-bond acceptors (Lipinski definition) is 3. The van der Waals surface area contributed by atoms with Crippen molar-refractivity contribution in [3.8, 4) is 0 Å². The minimum absolute atomic E-state index is 0.259. The Bertz CT molecular complexity index is 449. The third-order valence-electron chi connectivity index (χ3n) is 2.39. The quantitative estimate of drug-likeness (QED) is 0.624. The summed E-state index contributed by atoms with van der Waals surface area (Å²) in [6.45, 7) is 2.06. The van der Waals surface area contributed by atoms with Gasteiger partial charge in [-0.25, -0.2) is 4.98 Å². The van der Waals surface area contributed by atoms with Gasteiger partial charge in [-0.05, 0) is 24.6 Å². The van der Waals surface area contributed by atoms with Crippen LogP contribution in [0.1, 0.15) is 18.6 Å². The lowest BCUT2D eigenvalue weighted by Crippen LogP contribution is -1.82. The molecule has 0 bridgehead atoms. The third kappa shape index (κ3) is 1.04. The number of benzene rings is 1. The number of hydrogen-bond donors (Lipinski definition) is 0. The number of nitrogens with zero attached hydrogens (tertiary/aromatic N) is 1. The van der Waals surface area contributed by atoms with Gasteiger partial charge in [0, 0.05) is 0 Å². The molecule has 13 heavy (non-hydrogen) atoms. The Morgan fingerprint density at radius 1 is 1.38 bits per heavy atom. The van der Waals surface area contributed by atoms with Crippen LogP contribution < -0.4 is 0 Å². The van der Waals surface area contributed by atoms with Gasteiger partial charge in [0.15, 0.2) is 12.0 Å². The SMILES string of the molecule is CC1OC1c1ccc2ncoc2c1. The van der Waals surface area contributed by atoms with Crippen molar-refractivity contribution in [2.45, 2.75) is 19.1 Å². The smallest absolute Gasteiger partial charge is 0.181 e. The molecular weight excluding hydrogens is 166 g/mol. The van der Waals surface area contributed by atoms with Crippen molar-refractivity contribution in [2.24, 2.45) is 0 Å². The maximum atomic E-state index is 5.37. The predicted molar refractivity (Wildman–Crippen MR) is 47.3 cm³/mol. The van der Waals surface area contributed by atoms with Crippen molar-refractivity contribution in [3.63, 3.8) is 0 Å². The van der Waals surface area contributed by atoms with Crippen molar-refractivity contribution in [1.82, 2.24) is 4.98 Å². The summed E-state index contributed by atoms with van der Waals surface area (Å²) in [5.41, 5.74) is 2.91. The fourth-order valence-corrected chi connectivity index (χ4v) is 1.58. The fourth-order valence-electron chi connectivity index (χ4n) is 1.58. The molecule has 1 aromatic heterocycles. The number of oxazole rings is 1. The molecule has 3 heteroatoms.